The summed E-state index contributed by atoms with van der Waals surface area (Å²) in [5, 5.41) is 3.57. The van der Waals surface area contributed by atoms with Gasteiger partial charge in [-0.2, -0.15) is 0 Å². The topological polar surface area (TPSA) is 68.4 Å². The third kappa shape index (κ3) is 3.73. The summed E-state index contributed by atoms with van der Waals surface area (Å²) in [6.07, 6.45) is -0.551. The molecule has 0 bridgehead atoms. The van der Waals surface area contributed by atoms with E-state index in [9.17, 15) is 9.59 Å². The van der Waals surface area contributed by atoms with E-state index in [1.807, 2.05) is 49.4 Å². The summed E-state index contributed by atoms with van der Waals surface area (Å²) in [5.41, 5.74) is 3.12. The van der Waals surface area contributed by atoms with Crippen molar-refractivity contribution in [1.82, 2.24) is 20.0 Å². The molecule has 3 fully saturated rings. The van der Waals surface area contributed by atoms with Crippen molar-refractivity contribution >= 4 is 17.6 Å². The van der Waals surface area contributed by atoms with E-state index in [-0.39, 0.29) is 30.9 Å². The van der Waals surface area contributed by atoms with Gasteiger partial charge in [0, 0.05) is 31.9 Å². The molecular weight excluding hydrogens is 418 g/mol. The van der Waals surface area contributed by atoms with Crippen LogP contribution in [-0.4, -0.2) is 72.4 Å². The van der Waals surface area contributed by atoms with Crippen LogP contribution in [0, 0.1) is 12.8 Å². The molecular formula is C25H31N5O3. The van der Waals surface area contributed by atoms with Crippen LogP contribution in [0.2, 0.25) is 0 Å². The maximum absolute atomic E-state index is 13.7. The average molecular weight is 450 g/mol. The Morgan fingerprint density at radius 1 is 1.09 bits per heavy atom. The predicted octanol–water partition coefficient (Wildman–Crippen LogP) is 2.44. The highest BCUT2D eigenvalue weighted by Crippen LogP contribution is 2.35. The van der Waals surface area contributed by atoms with Crippen LogP contribution in [0.15, 0.2) is 48.5 Å². The van der Waals surface area contributed by atoms with Gasteiger partial charge in [-0.1, -0.05) is 42.8 Å². The number of benzene rings is 2. The van der Waals surface area contributed by atoms with Gasteiger partial charge in [0.05, 0.1) is 13.7 Å². The zero-order chi connectivity index (χ0) is 23.3. The van der Waals surface area contributed by atoms with Crippen molar-refractivity contribution in [2.24, 2.45) is 5.92 Å². The number of nitrogens with one attached hydrogen (secondary N) is 1. The standard InChI is InChI=1S/C25H31N5O3/c1-16-8-10-18(11-9-16)15-30-23(31)21-22(27(3)25(30)32)26-24-28(13-17(2)14-29(21)24)19-6-5-7-20(12-19)33-4/h5-12,17,21-22,24,26H,13-15H2,1-4H3. The van der Waals surface area contributed by atoms with Gasteiger partial charge in [-0.25, -0.2) is 4.79 Å². The van der Waals surface area contributed by atoms with E-state index in [2.05, 4.69) is 28.1 Å². The van der Waals surface area contributed by atoms with Crippen LogP contribution in [0.5, 0.6) is 5.75 Å². The zero-order valence-corrected chi connectivity index (χ0v) is 19.6. The molecule has 4 atom stereocenters. The number of likely N-dealkylation sites (N-methyl/N-ethyl adjacent to an activating group) is 1. The predicted molar refractivity (Wildman–Crippen MR) is 126 cm³/mol. The second-order valence-electron chi connectivity index (χ2n) is 9.39. The monoisotopic (exact) mass is 449 g/mol. The fourth-order valence-electron chi connectivity index (χ4n) is 5.23. The molecule has 0 aromatic heterocycles. The van der Waals surface area contributed by atoms with Gasteiger partial charge in [0.2, 0.25) is 0 Å². The summed E-state index contributed by atoms with van der Waals surface area (Å²) in [7, 11) is 3.44. The minimum Gasteiger partial charge on any atom is -0.497 e. The van der Waals surface area contributed by atoms with Crippen LogP contribution in [0.3, 0.4) is 0 Å². The number of urea groups is 1. The van der Waals surface area contributed by atoms with Gasteiger partial charge in [-0.05, 0) is 30.5 Å². The van der Waals surface area contributed by atoms with Gasteiger partial charge in [-0.3, -0.25) is 19.9 Å². The second kappa shape index (κ2) is 8.35. The lowest BCUT2D eigenvalue weighted by atomic mass is 10.0. The number of nitrogens with zero attached hydrogens (tertiary/aromatic N) is 4. The minimum atomic E-state index is -0.431. The number of hydrogen-bond donors (Lipinski definition) is 1. The summed E-state index contributed by atoms with van der Waals surface area (Å²) >= 11 is 0. The van der Waals surface area contributed by atoms with Crippen molar-refractivity contribution < 1.29 is 14.3 Å². The Balaban J connectivity index is 1.45. The average Bonchev–Trinajstić information content (AvgIpc) is 3.20. The molecule has 5 rings (SSSR count). The molecule has 3 aliphatic heterocycles. The lowest BCUT2D eigenvalue weighted by Gasteiger charge is -2.46. The second-order valence-corrected chi connectivity index (χ2v) is 9.39. The number of rotatable bonds is 4. The van der Waals surface area contributed by atoms with Crippen molar-refractivity contribution in [3.8, 4) is 5.75 Å². The lowest BCUT2D eigenvalue weighted by Crippen LogP contribution is -2.66. The molecule has 4 unspecified atom stereocenters. The number of hydrogen-bond acceptors (Lipinski definition) is 6. The summed E-state index contributed by atoms with van der Waals surface area (Å²) in [5.74, 6) is 1.01. The molecule has 2 aromatic carbocycles. The molecule has 3 amide bonds. The molecule has 2 aromatic rings. The zero-order valence-electron chi connectivity index (χ0n) is 19.6. The molecule has 0 aliphatic carbocycles. The number of carbonyl (C=O) groups is 2. The molecule has 3 heterocycles. The number of anilines is 1. The largest absolute Gasteiger partial charge is 0.497 e. The summed E-state index contributed by atoms with van der Waals surface area (Å²) in [6.45, 7) is 6.13. The maximum Gasteiger partial charge on any atom is 0.328 e. The first kappa shape index (κ1) is 21.7. The van der Waals surface area contributed by atoms with Crippen molar-refractivity contribution in [2.75, 3.05) is 32.1 Å². The molecule has 174 valence electrons. The van der Waals surface area contributed by atoms with Crippen LogP contribution < -0.4 is 15.0 Å². The first-order chi connectivity index (χ1) is 15.9. The first-order valence-corrected chi connectivity index (χ1v) is 11.4. The normalized spacial score (nSPS) is 27.6. The van der Waals surface area contributed by atoms with Gasteiger partial charge in [0.25, 0.3) is 5.91 Å². The smallest absolute Gasteiger partial charge is 0.328 e. The third-order valence-corrected chi connectivity index (χ3v) is 6.93. The SMILES string of the molecule is COc1cccc(N2CC(C)CN3C4C(=O)N(Cc5ccc(C)cc5)C(=O)N(C)C4NC23)c1. The summed E-state index contributed by atoms with van der Waals surface area (Å²) < 4.78 is 5.43. The highest BCUT2D eigenvalue weighted by atomic mass is 16.5. The lowest BCUT2D eigenvalue weighted by molar-refractivity contribution is -0.139. The molecule has 0 spiro atoms. The van der Waals surface area contributed by atoms with Crippen molar-refractivity contribution in [1.29, 1.82) is 0 Å². The quantitative estimate of drug-likeness (QED) is 0.774. The Morgan fingerprint density at radius 3 is 2.58 bits per heavy atom. The van der Waals surface area contributed by atoms with Crippen LogP contribution in [0.1, 0.15) is 18.1 Å². The molecule has 0 saturated carbocycles. The van der Waals surface area contributed by atoms with Crippen molar-refractivity contribution in [3.05, 3.63) is 59.7 Å². The van der Waals surface area contributed by atoms with Gasteiger partial charge in [-0.15, -0.1) is 0 Å². The number of imide groups is 1. The Hall–Kier alpha value is -3.10. The van der Waals surface area contributed by atoms with E-state index in [1.165, 1.54) is 4.90 Å². The van der Waals surface area contributed by atoms with Crippen LogP contribution >= 0.6 is 0 Å². The summed E-state index contributed by atoms with van der Waals surface area (Å²) in [6, 6.07) is 15.2. The van der Waals surface area contributed by atoms with Crippen LogP contribution in [0.4, 0.5) is 10.5 Å². The fraction of sp³-hybridized carbons (Fsp3) is 0.440. The molecule has 3 aliphatic rings. The van der Waals surface area contributed by atoms with Crippen molar-refractivity contribution in [3.63, 3.8) is 0 Å². The Labute approximate surface area is 194 Å². The number of fused-ring (bicyclic) bond motifs is 3. The molecule has 3 saturated heterocycles. The molecule has 1 N–H and O–H groups in total. The number of aryl methyl sites for hydroxylation is 1. The van der Waals surface area contributed by atoms with E-state index in [1.54, 1.807) is 19.1 Å². The van der Waals surface area contributed by atoms with E-state index in [4.69, 9.17) is 4.74 Å². The number of ether oxygens (including phenoxy) is 1. The highest BCUT2D eigenvalue weighted by molar-refractivity contribution is 6.00. The third-order valence-electron chi connectivity index (χ3n) is 6.93. The minimum absolute atomic E-state index is 0.140. The van der Waals surface area contributed by atoms with E-state index < -0.39 is 6.04 Å². The van der Waals surface area contributed by atoms with Crippen molar-refractivity contribution in [2.45, 2.75) is 38.9 Å². The highest BCUT2D eigenvalue weighted by Gasteiger charge is 2.56. The van der Waals surface area contributed by atoms with Gasteiger partial charge < -0.3 is 14.5 Å². The van der Waals surface area contributed by atoms with Crippen LogP contribution in [0.25, 0.3) is 0 Å². The van der Waals surface area contributed by atoms with E-state index >= 15 is 0 Å². The maximum atomic E-state index is 13.7. The fourth-order valence-corrected chi connectivity index (χ4v) is 5.23. The summed E-state index contributed by atoms with van der Waals surface area (Å²) in [4.78, 5) is 34.4. The van der Waals surface area contributed by atoms with E-state index in [0.717, 1.165) is 35.7 Å². The first-order valence-electron chi connectivity index (χ1n) is 11.4. The number of methoxy groups -OCH3 is 1. The Morgan fingerprint density at radius 2 is 1.85 bits per heavy atom. The Kier molecular flexibility index (Phi) is 5.50. The van der Waals surface area contributed by atoms with Gasteiger partial charge >= 0.3 is 6.03 Å². The van der Waals surface area contributed by atoms with Gasteiger partial charge in [0.15, 0.2) is 0 Å². The van der Waals surface area contributed by atoms with Gasteiger partial charge in [0.1, 0.15) is 24.2 Å². The number of amides is 3. The molecule has 0 radical (unpaired) electrons. The molecule has 8 nitrogen and oxygen atoms in total. The Bertz CT molecular complexity index is 1060. The number of carbonyl (C=O) groups excluding carboxylic acids is 2. The molecule has 8 heteroatoms. The van der Waals surface area contributed by atoms with Crippen LogP contribution in [-0.2, 0) is 11.3 Å². The molecule has 33 heavy (non-hydrogen) atoms. The van der Waals surface area contributed by atoms with E-state index in [0.29, 0.717) is 5.92 Å².